The second-order valence-electron chi connectivity index (χ2n) is 6.05. The third-order valence-electron chi connectivity index (χ3n) is 4.00. The molecule has 2 aromatic rings. The Bertz CT molecular complexity index is 880. The van der Waals surface area contributed by atoms with E-state index >= 15 is 0 Å². The van der Waals surface area contributed by atoms with Crippen LogP contribution in [0, 0.1) is 13.8 Å². The summed E-state index contributed by atoms with van der Waals surface area (Å²) >= 11 is 0. The van der Waals surface area contributed by atoms with Crippen LogP contribution in [0.1, 0.15) is 49.9 Å². The molecule has 5 heteroatoms. The van der Waals surface area contributed by atoms with E-state index in [0.717, 1.165) is 5.56 Å². The minimum absolute atomic E-state index is 0.0848. The van der Waals surface area contributed by atoms with Crippen molar-refractivity contribution in [3.8, 4) is 11.5 Å². The third-order valence-corrected chi connectivity index (χ3v) is 4.00. The van der Waals surface area contributed by atoms with Gasteiger partial charge in [-0.3, -0.25) is 4.79 Å². The van der Waals surface area contributed by atoms with Crippen LogP contribution in [-0.4, -0.2) is 28.6 Å². The fraction of sp³-hybridized carbons (Fsp3) is 0.238. The standard InChI is InChI=1S/C21H22O5/c1-5-7-14-10-15(11-17(19(14)23)21(25)26-6-2)20(24)16-9-12(3)8-13(4)18(16)22/h5,8-11,22-23H,1,6-7H2,2-4H3. The summed E-state index contributed by atoms with van der Waals surface area (Å²) in [6, 6.07) is 6.16. The molecular weight excluding hydrogens is 332 g/mol. The second kappa shape index (κ2) is 7.87. The van der Waals surface area contributed by atoms with Crippen LogP contribution >= 0.6 is 0 Å². The predicted octanol–water partition coefficient (Wildman–Crippen LogP) is 3.85. The van der Waals surface area contributed by atoms with Gasteiger partial charge < -0.3 is 14.9 Å². The summed E-state index contributed by atoms with van der Waals surface area (Å²) in [7, 11) is 0. The molecule has 0 atom stereocenters. The first-order valence-electron chi connectivity index (χ1n) is 8.28. The summed E-state index contributed by atoms with van der Waals surface area (Å²) in [4.78, 5) is 25.1. The van der Waals surface area contributed by atoms with Crippen molar-refractivity contribution in [2.45, 2.75) is 27.2 Å². The van der Waals surface area contributed by atoms with Crippen molar-refractivity contribution in [3.63, 3.8) is 0 Å². The number of ketones is 1. The van der Waals surface area contributed by atoms with Crippen LogP contribution in [0.2, 0.25) is 0 Å². The van der Waals surface area contributed by atoms with Gasteiger partial charge in [-0.15, -0.1) is 6.58 Å². The minimum Gasteiger partial charge on any atom is -0.507 e. The number of carbonyl (C=O) groups excluding carboxylic acids is 2. The molecule has 0 aliphatic carbocycles. The van der Waals surface area contributed by atoms with E-state index in [1.807, 2.05) is 6.92 Å². The molecule has 0 heterocycles. The molecule has 0 amide bonds. The van der Waals surface area contributed by atoms with Gasteiger partial charge in [-0.2, -0.15) is 0 Å². The highest BCUT2D eigenvalue weighted by Gasteiger charge is 2.22. The maximum Gasteiger partial charge on any atom is 0.341 e. The highest BCUT2D eigenvalue weighted by Crippen LogP contribution is 2.30. The summed E-state index contributed by atoms with van der Waals surface area (Å²) in [5.74, 6) is -1.49. The smallest absolute Gasteiger partial charge is 0.341 e. The van der Waals surface area contributed by atoms with E-state index in [1.54, 1.807) is 32.1 Å². The molecule has 26 heavy (non-hydrogen) atoms. The number of hydrogen-bond donors (Lipinski definition) is 2. The highest BCUT2D eigenvalue weighted by atomic mass is 16.5. The Morgan fingerprint density at radius 2 is 1.77 bits per heavy atom. The molecule has 136 valence electrons. The molecule has 0 saturated carbocycles. The van der Waals surface area contributed by atoms with Gasteiger partial charge in [-0.25, -0.2) is 4.79 Å². The number of carbonyl (C=O) groups is 2. The molecule has 0 aromatic heterocycles. The molecule has 0 spiro atoms. The van der Waals surface area contributed by atoms with Crippen LogP contribution in [0.25, 0.3) is 0 Å². The second-order valence-corrected chi connectivity index (χ2v) is 6.05. The maximum atomic E-state index is 13.0. The average molecular weight is 354 g/mol. The van der Waals surface area contributed by atoms with Crippen molar-refractivity contribution < 1.29 is 24.5 Å². The van der Waals surface area contributed by atoms with Gasteiger partial charge >= 0.3 is 5.97 Å². The Balaban J connectivity index is 2.63. The van der Waals surface area contributed by atoms with E-state index in [4.69, 9.17) is 4.74 Å². The van der Waals surface area contributed by atoms with Crippen molar-refractivity contribution in [1.29, 1.82) is 0 Å². The van der Waals surface area contributed by atoms with Gasteiger partial charge in [-0.05, 0) is 62.1 Å². The Morgan fingerprint density at radius 1 is 1.08 bits per heavy atom. The molecule has 2 rings (SSSR count). The zero-order valence-corrected chi connectivity index (χ0v) is 15.1. The number of esters is 1. The van der Waals surface area contributed by atoms with E-state index in [1.165, 1.54) is 12.1 Å². The van der Waals surface area contributed by atoms with E-state index in [9.17, 15) is 19.8 Å². The lowest BCUT2D eigenvalue weighted by Gasteiger charge is -2.13. The van der Waals surface area contributed by atoms with Crippen molar-refractivity contribution in [1.82, 2.24) is 0 Å². The van der Waals surface area contributed by atoms with Gasteiger partial charge in [0.15, 0.2) is 5.78 Å². The minimum atomic E-state index is -0.713. The first-order chi connectivity index (χ1) is 12.3. The molecule has 0 aliphatic heterocycles. The Hall–Kier alpha value is -3.08. The van der Waals surface area contributed by atoms with E-state index < -0.39 is 11.8 Å². The van der Waals surface area contributed by atoms with Crippen LogP contribution in [-0.2, 0) is 11.2 Å². The highest BCUT2D eigenvalue weighted by molar-refractivity contribution is 6.12. The lowest BCUT2D eigenvalue weighted by molar-refractivity contribution is 0.0523. The lowest BCUT2D eigenvalue weighted by Crippen LogP contribution is -2.10. The number of aryl methyl sites for hydroxylation is 2. The first-order valence-corrected chi connectivity index (χ1v) is 8.28. The molecule has 0 saturated heterocycles. The monoisotopic (exact) mass is 354 g/mol. The Morgan fingerprint density at radius 3 is 2.38 bits per heavy atom. The summed E-state index contributed by atoms with van der Waals surface area (Å²) in [5, 5.41) is 20.6. The lowest BCUT2D eigenvalue weighted by atomic mass is 9.94. The molecule has 0 fully saturated rings. The van der Waals surface area contributed by atoms with Gasteiger partial charge in [0.2, 0.25) is 0 Å². The van der Waals surface area contributed by atoms with Crippen molar-refractivity contribution >= 4 is 11.8 Å². The SMILES string of the molecule is C=CCc1cc(C(=O)c2cc(C)cc(C)c2O)cc(C(=O)OCC)c1O. The van der Waals surface area contributed by atoms with Gasteiger partial charge in [0, 0.05) is 5.56 Å². The van der Waals surface area contributed by atoms with E-state index in [0.29, 0.717) is 11.1 Å². The van der Waals surface area contributed by atoms with Crippen LogP contribution in [0.4, 0.5) is 0 Å². The van der Waals surface area contributed by atoms with Crippen LogP contribution < -0.4 is 0 Å². The van der Waals surface area contributed by atoms with Gasteiger partial charge in [0.05, 0.1) is 12.2 Å². The quantitative estimate of drug-likeness (QED) is 0.468. The third kappa shape index (κ3) is 3.77. The molecule has 2 N–H and O–H groups in total. The molecular formula is C21H22O5. The summed E-state index contributed by atoms with van der Waals surface area (Å²) in [6.45, 7) is 8.96. The topological polar surface area (TPSA) is 83.8 Å². The van der Waals surface area contributed by atoms with Gasteiger partial charge in [-0.1, -0.05) is 12.1 Å². The number of phenols is 2. The van der Waals surface area contributed by atoms with Gasteiger partial charge in [0.1, 0.15) is 17.1 Å². The largest absolute Gasteiger partial charge is 0.507 e. The normalized spacial score (nSPS) is 10.4. The first kappa shape index (κ1) is 19.2. The number of allylic oxidation sites excluding steroid dienone is 1. The van der Waals surface area contributed by atoms with Crippen molar-refractivity contribution in [3.05, 3.63) is 70.3 Å². The van der Waals surface area contributed by atoms with E-state index in [-0.39, 0.29) is 41.2 Å². The molecule has 5 nitrogen and oxygen atoms in total. The Kier molecular flexibility index (Phi) is 5.82. The number of phenolic OH excluding ortho intramolecular Hbond substituents is 2. The predicted molar refractivity (Wildman–Crippen MR) is 99.0 cm³/mol. The molecule has 0 unspecified atom stereocenters. The zero-order valence-electron chi connectivity index (χ0n) is 15.1. The fourth-order valence-corrected chi connectivity index (χ4v) is 2.79. The van der Waals surface area contributed by atoms with Crippen LogP contribution in [0.3, 0.4) is 0 Å². The summed E-state index contributed by atoms with van der Waals surface area (Å²) < 4.78 is 4.96. The summed E-state index contributed by atoms with van der Waals surface area (Å²) in [5.41, 5.74) is 2.05. The van der Waals surface area contributed by atoms with Crippen LogP contribution in [0.15, 0.2) is 36.9 Å². The summed E-state index contributed by atoms with van der Waals surface area (Å²) in [6.07, 6.45) is 1.84. The Labute approximate surface area is 152 Å². The number of aromatic hydroxyl groups is 2. The van der Waals surface area contributed by atoms with E-state index in [2.05, 4.69) is 6.58 Å². The van der Waals surface area contributed by atoms with Crippen molar-refractivity contribution in [2.75, 3.05) is 6.61 Å². The number of hydrogen-bond acceptors (Lipinski definition) is 5. The molecule has 2 aromatic carbocycles. The number of benzene rings is 2. The fourth-order valence-electron chi connectivity index (χ4n) is 2.79. The number of rotatable bonds is 6. The molecule has 0 aliphatic rings. The van der Waals surface area contributed by atoms with Crippen molar-refractivity contribution in [2.24, 2.45) is 0 Å². The maximum absolute atomic E-state index is 13.0. The van der Waals surface area contributed by atoms with Gasteiger partial charge in [0.25, 0.3) is 0 Å². The average Bonchev–Trinajstić information content (AvgIpc) is 2.59. The number of ether oxygens (including phenoxy) is 1. The van der Waals surface area contributed by atoms with Crippen LogP contribution in [0.5, 0.6) is 11.5 Å². The molecule has 0 radical (unpaired) electrons. The molecule has 0 bridgehead atoms. The zero-order chi connectivity index (χ0) is 19.4.